The van der Waals surface area contributed by atoms with Crippen molar-refractivity contribution in [2.45, 2.75) is 24.9 Å². The first kappa shape index (κ1) is 10.4. The SMILES string of the molecule is CN(C)C(=O)C1(F)CCCNCC1. The lowest BCUT2D eigenvalue weighted by atomic mass is 9.95. The molecule has 1 rings (SSSR count). The number of carbonyl (C=O) groups is 1. The predicted molar refractivity (Wildman–Crippen MR) is 49.3 cm³/mol. The van der Waals surface area contributed by atoms with Gasteiger partial charge in [-0.2, -0.15) is 0 Å². The summed E-state index contributed by atoms with van der Waals surface area (Å²) in [4.78, 5) is 12.8. The molecule has 1 aliphatic rings. The number of halogens is 1. The van der Waals surface area contributed by atoms with Gasteiger partial charge in [0.25, 0.3) is 5.91 Å². The Morgan fingerprint density at radius 1 is 1.38 bits per heavy atom. The summed E-state index contributed by atoms with van der Waals surface area (Å²) in [5, 5.41) is 3.09. The topological polar surface area (TPSA) is 32.3 Å². The summed E-state index contributed by atoms with van der Waals surface area (Å²) < 4.78 is 14.0. The molecule has 1 unspecified atom stereocenters. The van der Waals surface area contributed by atoms with E-state index in [1.54, 1.807) is 14.1 Å². The Bertz CT molecular complexity index is 186. The molecule has 3 nitrogen and oxygen atoms in total. The molecule has 1 fully saturated rings. The number of amides is 1. The third kappa shape index (κ3) is 2.40. The van der Waals surface area contributed by atoms with Gasteiger partial charge in [0.2, 0.25) is 0 Å². The molecule has 4 heteroatoms. The average molecular weight is 188 g/mol. The maximum absolute atomic E-state index is 14.0. The van der Waals surface area contributed by atoms with Crippen LogP contribution in [0.15, 0.2) is 0 Å². The fourth-order valence-corrected chi connectivity index (χ4v) is 1.64. The van der Waals surface area contributed by atoms with Crippen LogP contribution >= 0.6 is 0 Å². The number of nitrogens with zero attached hydrogens (tertiary/aromatic N) is 1. The molecule has 0 aromatic heterocycles. The maximum Gasteiger partial charge on any atom is 0.259 e. The zero-order valence-electron chi connectivity index (χ0n) is 8.27. The highest BCUT2D eigenvalue weighted by atomic mass is 19.1. The third-order valence-corrected chi connectivity index (χ3v) is 2.41. The largest absolute Gasteiger partial charge is 0.346 e. The lowest BCUT2D eigenvalue weighted by Gasteiger charge is -2.25. The van der Waals surface area contributed by atoms with Gasteiger partial charge in [-0.15, -0.1) is 0 Å². The number of carbonyl (C=O) groups excluding carboxylic acids is 1. The monoisotopic (exact) mass is 188 g/mol. The zero-order chi connectivity index (χ0) is 9.90. The number of rotatable bonds is 1. The van der Waals surface area contributed by atoms with Crippen LogP contribution < -0.4 is 5.32 Å². The number of nitrogens with one attached hydrogen (secondary N) is 1. The van der Waals surface area contributed by atoms with Gasteiger partial charge in [0.15, 0.2) is 5.67 Å². The minimum absolute atomic E-state index is 0.296. The van der Waals surface area contributed by atoms with Crippen molar-refractivity contribution in [1.29, 1.82) is 0 Å². The lowest BCUT2D eigenvalue weighted by Crippen LogP contribution is -2.43. The van der Waals surface area contributed by atoms with Crippen LogP contribution in [-0.4, -0.2) is 43.7 Å². The normalized spacial score (nSPS) is 29.5. The Balaban J connectivity index is 2.66. The fraction of sp³-hybridized carbons (Fsp3) is 0.889. The summed E-state index contributed by atoms with van der Waals surface area (Å²) in [5.74, 6) is -0.392. The van der Waals surface area contributed by atoms with Crippen molar-refractivity contribution in [1.82, 2.24) is 10.2 Å². The summed E-state index contributed by atoms with van der Waals surface area (Å²) in [6, 6.07) is 0. The van der Waals surface area contributed by atoms with Crippen molar-refractivity contribution in [2.24, 2.45) is 0 Å². The zero-order valence-corrected chi connectivity index (χ0v) is 8.27. The summed E-state index contributed by atoms with van der Waals surface area (Å²) >= 11 is 0. The number of alkyl halides is 1. The molecule has 0 radical (unpaired) electrons. The third-order valence-electron chi connectivity index (χ3n) is 2.41. The molecule has 1 saturated heterocycles. The van der Waals surface area contributed by atoms with Crippen LogP contribution in [0.2, 0.25) is 0 Å². The molecular formula is C9H17FN2O. The van der Waals surface area contributed by atoms with Gasteiger partial charge in [-0.1, -0.05) is 0 Å². The highest BCUT2D eigenvalue weighted by Gasteiger charge is 2.39. The first-order valence-electron chi connectivity index (χ1n) is 4.68. The summed E-state index contributed by atoms with van der Waals surface area (Å²) in [5.41, 5.74) is -1.63. The summed E-state index contributed by atoms with van der Waals surface area (Å²) in [7, 11) is 3.20. The van der Waals surface area contributed by atoms with Gasteiger partial charge in [-0.25, -0.2) is 4.39 Å². The minimum Gasteiger partial charge on any atom is -0.346 e. The van der Waals surface area contributed by atoms with Crippen molar-refractivity contribution in [3.05, 3.63) is 0 Å². The van der Waals surface area contributed by atoms with E-state index in [1.165, 1.54) is 4.90 Å². The van der Waals surface area contributed by atoms with Crippen molar-refractivity contribution in [3.8, 4) is 0 Å². The number of hydrogen-bond donors (Lipinski definition) is 1. The molecule has 1 atom stereocenters. The van der Waals surface area contributed by atoms with Gasteiger partial charge in [-0.05, 0) is 25.9 Å². The Hall–Kier alpha value is -0.640. The van der Waals surface area contributed by atoms with Crippen LogP contribution in [0.25, 0.3) is 0 Å². The fourth-order valence-electron chi connectivity index (χ4n) is 1.64. The van der Waals surface area contributed by atoms with Crippen LogP contribution in [0.1, 0.15) is 19.3 Å². The average Bonchev–Trinajstić information content (AvgIpc) is 2.29. The van der Waals surface area contributed by atoms with Crippen LogP contribution in [0.5, 0.6) is 0 Å². The van der Waals surface area contributed by atoms with E-state index in [-0.39, 0.29) is 0 Å². The van der Waals surface area contributed by atoms with Gasteiger partial charge in [0.05, 0.1) is 0 Å². The maximum atomic E-state index is 14.0. The molecule has 0 aliphatic carbocycles. The molecule has 0 spiro atoms. The second-order valence-electron chi connectivity index (χ2n) is 3.77. The molecule has 1 aliphatic heterocycles. The molecule has 1 N–H and O–H groups in total. The lowest BCUT2D eigenvalue weighted by molar-refractivity contribution is -0.142. The molecule has 0 aromatic carbocycles. The highest BCUT2D eigenvalue weighted by Crippen LogP contribution is 2.25. The van der Waals surface area contributed by atoms with Crippen molar-refractivity contribution < 1.29 is 9.18 Å². The van der Waals surface area contributed by atoms with Crippen LogP contribution in [0, 0.1) is 0 Å². The van der Waals surface area contributed by atoms with E-state index in [2.05, 4.69) is 5.32 Å². The molecule has 0 aromatic rings. The Kier molecular flexibility index (Phi) is 3.25. The predicted octanol–water partition coefficient (Wildman–Crippen LogP) is 0.556. The minimum atomic E-state index is -1.63. The molecule has 76 valence electrons. The second kappa shape index (κ2) is 4.05. The van der Waals surface area contributed by atoms with E-state index < -0.39 is 11.6 Å². The van der Waals surface area contributed by atoms with Gasteiger partial charge >= 0.3 is 0 Å². The van der Waals surface area contributed by atoms with E-state index >= 15 is 0 Å². The van der Waals surface area contributed by atoms with E-state index in [0.29, 0.717) is 19.4 Å². The quantitative estimate of drug-likeness (QED) is 0.652. The Labute approximate surface area is 78.3 Å². The molecule has 0 bridgehead atoms. The van der Waals surface area contributed by atoms with Crippen LogP contribution in [0.3, 0.4) is 0 Å². The smallest absolute Gasteiger partial charge is 0.259 e. The van der Waals surface area contributed by atoms with Crippen molar-refractivity contribution in [2.75, 3.05) is 27.2 Å². The van der Waals surface area contributed by atoms with E-state index in [0.717, 1.165) is 13.0 Å². The molecule has 1 heterocycles. The van der Waals surface area contributed by atoms with Crippen LogP contribution in [0.4, 0.5) is 4.39 Å². The van der Waals surface area contributed by atoms with Gasteiger partial charge < -0.3 is 10.2 Å². The number of hydrogen-bond acceptors (Lipinski definition) is 2. The van der Waals surface area contributed by atoms with Gasteiger partial charge in [0, 0.05) is 20.5 Å². The summed E-state index contributed by atoms with van der Waals surface area (Å²) in [6.07, 6.45) is 1.37. The molecule has 13 heavy (non-hydrogen) atoms. The van der Waals surface area contributed by atoms with Crippen molar-refractivity contribution in [3.63, 3.8) is 0 Å². The van der Waals surface area contributed by atoms with E-state index in [4.69, 9.17) is 0 Å². The van der Waals surface area contributed by atoms with Gasteiger partial charge in [0.1, 0.15) is 0 Å². The molecule has 0 saturated carbocycles. The van der Waals surface area contributed by atoms with Crippen LogP contribution in [-0.2, 0) is 4.79 Å². The Morgan fingerprint density at radius 2 is 2.08 bits per heavy atom. The molecule has 1 amide bonds. The summed E-state index contributed by atoms with van der Waals surface area (Å²) in [6.45, 7) is 1.41. The first-order chi connectivity index (χ1) is 6.06. The van der Waals surface area contributed by atoms with Crippen molar-refractivity contribution >= 4 is 5.91 Å². The standard InChI is InChI=1S/C9H17FN2O/c1-12(2)8(13)9(10)4-3-6-11-7-5-9/h11H,3-7H2,1-2H3. The highest BCUT2D eigenvalue weighted by molar-refractivity contribution is 5.84. The van der Waals surface area contributed by atoms with E-state index in [9.17, 15) is 9.18 Å². The van der Waals surface area contributed by atoms with E-state index in [1.807, 2.05) is 0 Å². The molecular weight excluding hydrogens is 171 g/mol. The Morgan fingerprint density at radius 3 is 2.69 bits per heavy atom. The van der Waals surface area contributed by atoms with Gasteiger partial charge in [-0.3, -0.25) is 4.79 Å². The first-order valence-corrected chi connectivity index (χ1v) is 4.68. The second-order valence-corrected chi connectivity index (χ2v) is 3.77.